The number of rotatable bonds is 3. The van der Waals surface area contributed by atoms with Gasteiger partial charge in [0.1, 0.15) is 9.88 Å². The van der Waals surface area contributed by atoms with Crippen LogP contribution in [-0.2, 0) is 10.0 Å². The van der Waals surface area contributed by atoms with Gasteiger partial charge in [-0.1, -0.05) is 6.42 Å². The first-order chi connectivity index (χ1) is 8.93. The van der Waals surface area contributed by atoms with E-state index in [0.717, 1.165) is 19.3 Å². The van der Waals surface area contributed by atoms with E-state index in [1.54, 1.807) is 7.05 Å². The Kier molecular flexibility index (Phi) is 4.22. The van der Waals surface area contributed by atoms with Gasteiger partial charge in [-0.15, -0.1) is 11.3 Å². The molecule has 1 amide bonds. The predicted molar refractivity (Wildman–Crippen MR) is 73.6 cm³/mol. The van der Waals surface area contributed by atoms with Gasteiger partial charge in [-0.3, -0.25) is 4.79 Å². The lowest BCUT2D eigenvalue weighted by Crippen LogP contribution is -2.37. The van der Waals surface area contributed by atoms with Crippen LogP contribution >= 0.6 is 11.3 Å². The van der Waals surface area contributed by atoms with E-state index in [4.69, 9.17) is 0 Å². The van der Waals surface area contributed by atoms with E-state index < -0.39 is 10.0 Å². The maximum Gasteiger partial charge on any atom is 0.262 e. The fourth-order valence-corrected chi connectivity index (χ4v) is 4.43. The van der Waals surface area contributed by atoms with Crippen LogP contribution in [0.4, 0.5) is 0 Å². The van der Waals surface area contributed by atoms with Crippen LogP contribution in [-0.4, -0.2) is 43.5 Å². The van der Waals surface area contributed by atoms with E-state index >= 15 is 0 Å². The number of amides is 1. The first-order valence-electron chi connectivity index (χ1n) is 6.08. The standard InChI is InChI=1S/C11H17N3O3S2/c1-12-10(15)9-7-13-11(18-9)8-5-3-4-6-14(8)19(2,16)17/h7-8H,3-6H2,1-2H3,(H,12,15). The Morgan fingerprint density at radius 3 is 2.89 bits per heavy atom. The molecule has 2 heterocycles. The van der Waals surface area contributed by atoms with Crippen molar-refractivity contribution in [1.82, 2.24) is 14.6 Å². The normalized spacial score (nSPS) is 21.3. The molecular formula is C11H17N3O3S2. The number of sulfonamides is 1. The van der Waals surface area contributed by atoms with E-state index in [0.29, 0.717) is 16.4 Å². The van der Waals surface area contributed by atoms with Crippen molar-refractivity contribution < 1.29 is 13.2 Å². The molecule has 2 rings (SSSR count). The highest BCUT2D eigenvalue weighted by molar-refractivity contribution is 7.88. The molecule has 1 aromatic heterocycles. The first kappa shape index (κ1) is 14.4. The van der Waals surface area contributed by atoms with Gasteiger partial charge in [0.05, 0.1) is 18.5 Å². The second-order valence-electron chi connectivity index (χ2n) is 4.53. The Balaban J connectivity index is 2.28. The molecule has 1 unspecified atom stereocenters. The molecule has 0 saturated carbocycles. The van der Waals surface area contributed by atoms with Crippen LogP contribution in [0.3, 0.4) is 0 Å². The highest BCUT2D eigenvalue weighted by Crippen LogP contribution is 2.34. The molecule has 19 heavy (non-hydrogen) atoms. The second kappa shape index (κ2) is 5.56. The van der Waals surface area contributed by atoms with Crippen LogP contribution in [0.2, 0.25) is 0 Å². The predicted octanol–water partition coefficient (Wildman–Crippen LogP) is 0.989. The lowest BCUT2D eigenvalue weighted by atomic mass is 10.1. The third-order valence-corrected chi connectivity index (χ3v) is 5.53. The summed E-state index contributed by atoms with van der Waals surface area (Å²) in [5.74, 6) is -0.189. The molecule has 1 atom stereocenters. The average Bonchev–Trinajstić information content (AvgIpc) is 2.86. The number of thiazole rings is 1. The quantitative estimate of drug-likeness (QED) is 0.903. The van der Waals surface area contributed by atoms with Gasteiger partial charge in [0.25, 0.3) is 5.91 Å². The lowest BCUT2D eigenvalue weighted by Gasteiger charge is -2.32. The molecule has 1 aromatic rings. The van der Waals surface area contributed by atoms with Gasteiger partial charge >= 0.3 is 0 Å². The van der Waals surface area contributed by atoms with Crippen molar-refractivity contribution in [1.29, 1.82) is 0 Å². The number of piperidine rings is 1. The maximum absolute atomic E-state index is 11.8. The van der Waals surface area contributed by atoms with Crippen LogP contribution < -0.4 is 5.32 Å². The van der Waals surface area contributed by atoms with Gasteiger partial charge in [-0.05, 0) is 12.8 Å². The Labute approximate surface area is 116 Å². The molecule has 0 spiro atoms. The van der Waals surface area contributed by atoms with Gasteiger partial charge in [0, 0.05) is 13.6 Å². The smallest absolute Gasteiger partial charge is 0.262 e. The third-order valence-electron chi connectivity index (χ3n) is 3.14. The number of carbonyl (C=O) groups is 1. The molecule has 1 saturated heterocycles. The Hall–Kier alpha value is -0.990. The highest BCUT2D eigenvalue weighted by Gasteiger charge is 2.32. The molecule has 0 radical (unpaired) electrons. The number of carbonyl (C=O) groups excluding carboxylic acids is 1. The van der Waals surface area contributed by atoms with E-state index in [1.165, 1.54) is 28.1 Å². The summed E-state index contributed by atoms with van der Waals surface area (Å²) in [5, 5.41) is 3.24. The van der Waals surface area contributed by atoms with Gasteiger partial charge < -0.3 is 5.32 Å². The van der Waals surface area contributed by atoms with Gasteiger partial charge in [0.15, 0.2) is 0 Å². The zero-order valence-corrected chi connectivity index (χ0v) is 12.6. The second-order valence-corrected chi connectivity index (χ2v) is 7.52. The van der Waals surface area contributed by atoms with E-state index in [-0.39, 0.29) is 11.9 Å². The Bertz CT molecular complexity index is 567. The molecule has 1 N–H and O–H groups in total. The molecule has 0 aliphatic carbocycles. The molecular weight excluding hydrogens is 286 g/mol. The third kappa shape index (κ3) is 3.13. The molecule has 6 nitrogen and oxygen atoms in total. The van der Waals surface area contributed by atoms with Crippen molar-refractivity contribution in [2.75, 3.05) is 19.8 Å². The summed E-state index contributed by atoms with van der Waals surface area (Å²) in [4.78, 5) is 16.3. The number of nitrogens with zero attached hydrogens (tertiary/aromatic N) is 2. The topological polar surface area (TPSA) is 79.4 Å². The van der Waals surface area contributed by atoms with Crippen LogP contribution in [0.25, 0.3) is 0 Å². The van der Waals surface area contributed by atoms with E-state index in [2.05, 4.69) is 10.3 Å². The van der Waals surface area contributed by atoms with Gasteiger partial charge in [-0.25, -0.2) is 13.4 Å². The minimum absolute atomic E-state index is 0.189. The summed E-state index contributed by atoms with van der Waals surface area (Å²) in [6, 6.07) is -0.229. The zero-order chi connectivity index (χ0) is 14.0. The molecule has 0 bridgehead atoms. The largest absolute Gasteiger partial charge is 0.354 e. The molecule has 1 aliphatic heterocycles. The minimum Gasteiger partial charge on any atom is -0.354 e. The molecule has 0 aromatic carbocycles. The van der Waals surface area contributed by atoms with Crippen molar-refractivity contribution >= 4 is 27.3 Å². The Morgan fingerprint density at radius 1 is 1.53 bits per heavy atom. The van der Waals surface area contributed by atoms with E-state index in [1.807, 2.05) is 0 Å². The highest BCUT2D eigenvalue weighted by atomic mass is 32.2. The summed E-state index contributed by atoms with van der Waals surface area (Å²) in [6.45, 7) is 0.526. The zero-order valence-electron chi connectivity index (χ0n) is 10.9. The Morgan fingerprint density at radius 2 is 2.26 bits per heavy atom. The summed E-state index contributed by atoms with van der Waals surface area (Å²) in [6.07, 6.45) is 5.34. The minimum atomic E-state index is -3.24. The maximum atomic E-state index is 11.8. The molecule has 8 heteroatoms. The summed E-state index contributed by atoms with van der Waals surface area (Å²) >= 11 is 1.26. The van der Waals surface area contributed by atoms with Gasteiger partial charge in [0.2, 0.25) is 10.0 Å². The van der Waals surface area contributed by atoms with Crippen molar-refractivity contribution in [3.63, 3.8) is 0 Å². The fourth-order valence-electron chi connectivity index (χ4n) is 2.22. The summed E-state index contributed by atoms with van der Waals surface area (Å²) < 4.78 is 25.1. The van der Waals surface area contributed by atoms with Crippen LogP contribution in [0.1, 0.15) is 40.0 Å². The van der Waals surface area contributed by atoms with Crippen molar-refractivity contribution in [2.45, 2.75) is 25.3 Å². The van der Waals surface area contributed by atoms with Crippen molar-refractivity contribution in [3.8, 4) is 0 Å². The van der Waals surface area contributed by atoms with Crippen molar-refractivity contribution in [2.24, 2.45) is 0 Å². The number of nitrogens with one attached hydrogen (secondary N) is 1. The number of hydrogen-bond acceptors (Lipinski definition) is 5. The molecule has 106 valence electrons. The number of hydrogen-bond donors (Lipinski definition) is 1. The molecule has 1 fully saturated rings. The summed E-state index contributed by atoms with van der Waals surface area (Å²) in [7, 11) is -1.68. The number of aromatic nitrogens is 1. The first-order valence-corrected chi connectivity index (χ1v) is 8.74. The SMILES string of the molecule is CNC(=O)c1cnc(C2CCCCN2S(C)(=O)=O)s1. The van der Waals surface area contributed by atoms with Crippen LogP contribution in [0.5, 0.6) is 0 Å². The lowest BCUT2D eigenvalue weighted by molar-refractivity contribution is 0.0967. The monoisotopic (exact) mass is 303 g/mol. The van der Waals surface area contributed by atoms with Crippen LogP contribution in [0.15, 0.2) is 6.20 Å². The summed E-state index contributed by atoms with van der Waals surface area (Å²) in [5.41, 5.74) is 0. The van der Waals surface area contributed by atoms with Crippen LogP contribution in [0, 0.1) is 0 Å². The van der Waals surface area contributed by atoms with E-state index in [9.17, 15) is 13.2 Å². The van der Waals surface area contributed by atoms with Crippen molar-refractivity contribution in [3.05, 3.63) is 16.1 Å². The molecule has 1 aliphatic rings. The van der Waals surface area contributed by atoms with Gasteiger partial charge in [-0.2, -0.15) is 4.31 Å². The fraction of sp³-hybridized carbons (Fsp3) is 0.636. The average molecular weight is 303 g/mol.